The van der Waals surface area contributed by atoms with Gasteiger partial charge in [-0.25, -0.2) is 9.67 Å². The van der Waals surface area contributed by atoms with E-state index in [2.05, 4.69) is 10.1 Å². The van der Waals surface area contributed by atoms with Crippen molar-refractivity contribution in [1.82, 2.24) is 14.8 Å². The third kappa shape index (κ3) is 3.38. The first-order valence-electron chi connectivity index (χ1n) is 6.65. The standard InChI is InChI=1S/C15H20ClN3O/c1-15(2,3)14(20)13(19-10-17-9-18-19)8-11-6-4-5-7-12(11)16/h4-7,9-10,13-14,20H,8H2,1-3H3/t13-,14-/m0/s1. The lowest BCUT2D eigenvalue weighted by atomic mass is 9.82. The maximum Gasteiger partial charge on any atom is 0.137 e. The Bertz CT molecular complexity index is 548. The van der Waals surface area contributed by atoms with Crippen molar-refractivity contribution in [2.75, 3.05) is 0 Å². The molecule has 5 heteroatoms. The quantitative estimate of drug-likeness (QED) is 0.942. The number of aromatic nitrogens is 3. The zero-order chi connectivity index (χ0) is 14.8. The zero-order valence-electron chi connectivity index (χ0n) is 12.0. The molecule has 0 aliphatic rings. The van der Waals surface area contributed by atoms with Crippen molar-refractivity contribution < 1.29 is 5.11 Å². The number of aliphatic hydroxyl groups is 1. The van der Waals surface area contributed by atoms with E-state index in [1.807, 2.05) is 45.0 Å². The summed E-state index contributed by atoms with van der Waals surface area (Å²) in [7, 11) is 0. The Morgan fingerprint density at radius 2 is 2.00 bits per heavy atom. The highest BCUT2D eigenvalue weighted by molar-refractivity contribution is 6.31. The van der Waals surface area contributed by atoms with Crippen molar-refractivity contribution in [2.45, 2.75) is 39.3 Å². The van der Waals surface area contributed by atoms with Crippen LogP contribution < -0.4 is 0 Å². The van der Waals surface area contributed by atoms with Gasteiger partial charge in [0.1, 0.15) is 12.7 Å². The van der Waals surface area contributed by atoms with E-state index in [0.717, 1.165) is 5.56 Å². The van der Waals surface area contributed by atoms with E-state index in [-0.39, 0.29) is 11.5 Å². The SMILES string of the molecule is CC(C)(C)[C@@H](O)[C@H](Cc1ccccc1Cl)n1cncn1. The van der Waals surface area contributed by atoms with Crippen LogP contribution >= 0.6 is 11.6 Å². The molecule has 4 nitrogen and oxygen atoms in total. The van der Waals surface area contributed by atoms with Crippen LogP contribution in [0.2, 0.25) is 5.02 Å². The Balaban J connectivity index is 2.31. The minimum absolute atomic E-state index is 0.197. The number of rotatable bonds is 4. The van der Waals surface area contributed by atoms with Crippen molar-refractivity contribution in [3.05, 3.63) is 47.5 Å². The van der Waals surface area contributed by atoms with Gasteiger partial charge >= 0.3 is 0 Å². The lowest BCUT2D eigenvalue weighted by molar-refractivity contribution is 0.0124. The predicted molar refractivity (Wildman–Crippen MR) is 79.7 cm³/mol. The molecule has 0 radical (unpaired) electrons. The number of aliphatic hydroxyl groups excluding tert-OH is 1. The Hall–Kier alpha value is -1.39. The largest absolute Gasteiger partial charge is 0.390 e. The number of benzene rings is 1. The van der Waals surface area contributed by atoms with E-state index in [0.29, 0.717) is 11.4 Å². The van der Waals surface area contributed by atoms with Crippen molar-refractivity contribution in [3.63, 3.8) is 0 Å². The molecule has 0 saturated carbocycles. The summed E-state index contributed by atoms with van der Waals surface area (Å²) >= 11 is 6.22. The van der Waals surface area contributed by atoms with Gasteiger partial charge in [0.05, 0.1) is 12.1 Å². The van der Waals surface area contributed by atoms with Crippen LogP contribution in [0.25, 0.3) is 0 Å². The first kappa shape index (κ1) is 15.0. The second-order valence-electron chi connectivity index (χ2n) is 6.05. The summed E-state index contributed by atoms with van der Waals surface area (Å²) in [5.74, 6) is 0. The molecule has 1 aromatic carbocycles. The van der Waals surface area contributed by atoms with E-state index in [9.17, 15) is 5.11 Å². The zero-order valence-corrected chi connectivity index (χ0v) is 12.7. The molecule has 0 amide bonds. The summed E-state index contributed by atoms with van der Waals surface area (Å²) in [6.07, 6.45) is 3.17. The highest BCUT2D eigenvalue weighted by Crippen LogP contribution is 2.31. The third-order valence-corrected chi connectivity index (χ3v) is 3.78. The van der Waals surface area contributed by atoms with Gasteiger partial charge in [-0.05, 0) is 23.5 Å². The molecular weight excluding hydrogens is 274 g/mol. The first-order valence-corrected chi connectivity index (χ1v) is 7.03. The lowest BCUT2D eigenvalue weighted by Gasteiger charge is -2.33. The van der Waals surface area contributed by atoms with Gasteiger partial charge in [-0.15, -0.1) is 0 Å². The molecule has 2 aromatic rings. The van der Waals surface area contributed by atoms with Crippen LogP contribution in [0.5, 0.6) is 0 Å². The Morgan fingerprint density at radius 3 is 2.55 bits per heavy atom. The van der Waals surface area contributed by atoms with E-state index in [1.54, 1.807) is 11.0 Å². The van der Waals surface area contributed by atoms with Crippen molar-refractivity contribution in [1.29, 1.82) is 0 Å². The monoisotopic (exact) mass is 293 g/mol. The fraction of sp³-hybridized carbons (Fsp3) is 0.467. The third-order valence-electron chi connectivity index (χ3n) is 3.42. The average molecular weight is 294 g/mol. The molecule has 1 heterocycles. The summed E-state index contributed by atoms with van der Waals surface area (Å²) in [6.45, 7) is 6.02. The fourth-order valence-electron chi connectivity index (χ4n) is 2.20. The van der Waals surface area contributed by atoms with E-state index in [4.69, 9.17) is 11.6 Å². The van der Waals surface area contributed by atoms with Crippen LogP contribution in [0, 0.1) is 5.41 Å². The Labute approximate surface area is 124 Å². The molecule has 0 fully saturated rings. The van der Waals surface area contributed by atoms with Crippen LogP contribution in [0.3, 0.4) is 0 Å². The second kappa shape index (κ2) is 5.94. The van der Waals surface area contributed by atoms with Crippen molar-refractivity contribution >= 4 is 11.6 Å². The molecule has 0 aliphatic heterocycles. The summed E-state index contributed by atoms with van der Waals surface area (Å²) in [4.78, 5) is 3.98. The van der Waals surface area contributed by atoms with Gasteiger partial charge in [-0.2, -0.15) is 5.10 Å². The first-order chi connectivity index (χ1) is 9.39. The number of hydrogen-bond donors (Lipinski definition) is 1. The van der Waals surface area contributed by atoms with Gasteiger partial charge in [-0.1, -0.05) is 50.6 Å². The minimum atomic E-state index is -0.555. The van der Waals surface area contributed by atoms with Crippen LogP contribution in [-0.2, 0) is 6.42 Å². The van der Waals surface area contributed by atoms with Crippen LogP contribution in [0.1, 0.15) is 32.4 Å². The number of hydrogen-bond acceptors (Lipinski definition) is 3. The van der Waals surface area contributed by atoms with Crippen LogP contribution in [-0.4, -0.2) is 26.0 Å². The molecule has 1 aromatic heterocycles. The normalized spacial score (nSPS) is 15.1. The molecule has 2 atom stereocenters. The lowest BCUT2D eigenvalue weighted by Crippen LogP contribution is -2.37. The van der Waals surface area contributed by atoms with Gasteiger partial charge < -0.3 is 5.11 Å². The maximum absolute atomic E-state index is 10.6. The van der Waals surface area contributed by atoms with E-state index >= 15 is 0 Å². The van der Waals surface area contributed by atoms with Gasteiger partial charge in [0.15, 0.2) is 0 Å². The van der Waals surface area contributed by atoms with Crippen LogP contribution in [0.4, 0.5) is 0 Å². The van der Waals surface area contributed by atoms with Gasteiger partial charge in [0, 0.05) is 5.02 Å². The average Bonchev–Trinajstić information content (AvgIpc) is 2.89. The highest BCUT2D eigenvalue weighted by Gasteiger charge is 2.32. The fourth-order valence-corrected chi connectivity index (χ4v) is 2.42. The molecule has 1 N–H and O–H groups in total. The van der Waals surface area contributed by atoms with Gasteiger partial charge in [0.25, 0.3) is 0 Å². The molecule has 0 saturated heterocycles. The van der Waals surface area contributed by atoms with Crippen LogP contribution in [0.15, 0.2) is 36.9 Å². The molecule has 108 valence electrons. The van der Waals surface area contributed by atoms with E-state index in [1.165, 1.54) is 6.33 Å². The smallest absolute Gasteiger partial charge is 0.137 e. The van der Waals surface area contributed by atoms with Crippen molar-refractivity contribution in [2.24, 2.45) is 5.41 Å². The summed E-state index contributed by atoms with van der Waals surface area (Å²) < 4.78 is 1.71. The Morgan fingerprint density at radius 1 is 1.30 bits per heavy atom. The number of halogens is 1. The summed E-state index contributed by atoms with van der Waals surface area (Å²) in [5.41, 5.74) is 0.746. The summed E-state index contributed by atoms with van der Waals surface area (Å²) in [6, 6.07) is 7.48. The van der Waals surface area contributed by atoms with Crippen molar-refractivity contribution in [3.8, 4) is 0 Å². The predicted octanol–water partition coefficient (Wildman–Crippen LogP) is 3.12. The molecular formula is C15H20ClN3O. The van der Waals surface area contributed by atoms with Gasteiger partial charge in [-0.3, -0.25) is 0 Å². The highest BCUT2D eigenvalue weighted by atomic mass is 35.5. The molecule has 0 aliphatic carbocycles. The topological polar surface area (TPSA) is 50.9 Å². The second-order valence-corrected chi connectivity index (χ2v) is 6.46. The summed E-state index contributed by atoms with van der Waals surface area (Å²) in [5, 5.41) is 15.5. The Kier molecular flexibility index (Phi) is 4.45. The molecule has 0 spiro atoms. The minimum Gasteiger partial charge on any atom is -0.390 e. The van der Waals surface area contributed by atoms with E-state index < -0.39 is 6.10 Å². The van der Waals surface area contributed by atoms with Gasteiger partial charge in [0.2, 0.25) is 0 Å². The molecule has 0 bridgehead atoms. The number of nitrogens with zero attached hydrogens (tertiary/aromatic N) is 3. The molecule has 20 heavy (non-hydrogen) atoms. The molecule has 0 unspecified atom stereocenters. The maximum atomic E-state index is 10.6. The molecule has 2 rings (SSSR count).